The molecule has 0 saturated heterocycles. The molecule has 0 spiro atoms. The van der Waals surface area contributed by atoms with Gasteiger partial charge < -0.3 is 14.9 Å². The Morgan fingerprint density at radius 1 is 1.56 bits per heavy atom. The van der Waals surface area contributed by atoms with Crippen molar-refractivity contribution in [3.63, 3.8) is 0 Å². The lowest BCUT2D eigenvalue weighted by Gasteiger charge is -2.40. The number of hydrogen-bond acceptors (Lipinski definition) is 4. The predicted octanol–water partition coefficient (Wildman–Crippen LogP) is 1.80. The van der Waals surface area contributed by atoms with Gasteiger partial charge in [-0.2, -0.15) is 0 Å². The van der Waals surface area contributed by atoms with Gasteiger partial charge in [-0.1, -0.05) is 12.2 Å². The molecule has 0 aromatic carbocycles. The highest BCUT2D eigenvalue weighted by Crippen LogP contribution is 2.38. The molecule has 0 aromatic rings. The number of ether oxygens (including phenoxy) is 1. The number of hydrogen-bond donors (Lipinski definition) is 2. The standard InChI is InChI=1S/C14H24O4/c1-4-18-13(16)6-8-14(17)7-5-11(10(2)3)9-12(14)15/h11-12,15,17H,2,4-9H2,1,3H3/t11-,12+,14-/m1/s1. The Kier molecular flexibility index (Phi) is 5.35. The maximum atomic E-state index is 11.3. The van der Waals surface area contributed by atoms with Gasteiger partial charge in [-0.05, 0) is 45.4 Å². The molecule has 1 aliphatic carbocycles. The summed E-state index contributed by atoms with van der Waals surface area (Å²) in [5.41, 5.74) is -0.111. The summed E-state index contributed by atoms with van der Waals surface area (Å²) < 4.78 is 4.83. The average molecular weight is 256 g/mol. The zero-order chi connectivity index (χ0) is 13.8. The molecular weight excluding hydrogens is 232 g/mol. The number of carbonyl (C=O) groups excluding carboxylic acids is 1. The van der Waals surface area contributed by atoms with E-state index < -0.39 is 11.7 Å². The molecule has 1 fully saturated rings. The molecule has 2 N–H and O–H groups in total. The fourth-order valence-corrected chi connectivity index (χ4v) is 2.49. The first-order valence-corrected chi connectivity index (χ1v) is 6.60. The minimum Gasteiger partial charge on any atom is -0.466 e. The second-order valence-corrected chi connectivity index (χ2v) is 5.24. The van der Waals surface area contributed by atoms with E-state index in [0.29, 0.717) is 19.4 Å². The van der Waals surface area contributed by atoms with E-state index in [1.807, 2.05) is 6.92 Å². The van der Waals surface area contributed by atoms with Crippen molar-refractivity contribution in [2.75, 3.05) is 6.61 Å². The van der Waals surface area contributed by atoms with Crippen LogP contribution >= 0.6 is 0 Å². The van der Waals surface area contributed by atoms with Gasteiger partial charge in [-0.3, -0.25) is 4.79 Å². The molecule has 0 aromatic heterocycles. The fraction of sp³-hybridized carbons (Fsp3) is 0.786. The Morgan fingerprint density at radius 3 is 2.72 bits per heavy atom. The van der Waals surface area contributed by atoms with Crippen molar-refractivity contribution >= 4 is 5.97 Å². The van der Waals surface area contributed by atoms with Gasteiger partial charge in [0, 0.05) is 6.42 Å². The Hall–Kier alpha value is -0.870. The molecule has 0 amide bonds. The number of carbonyl (C=O) groups is 1. The highest BCUT2D eigenvalue weighted by atomic mass is 16.5. The molecule has 0 aliphatic heterocycles. The first kappa shape index (κ1) is 15.2. The van der Waals surface area contributed by atoms with E-state index in [2.05, 4.69) is 6.58 Å². The Labute approximate surface area is 109 Å². The maximum Gasteiger partial charge on any atom is 0.305 e. The molecule has 4 nitrogen and oxygen atoms in total. The zero-order valence-corrected chi connectivity index (χ0v) is 11.3. The lowest BCUT2D eigenvalue weighted by molar-refractivity contribution is -0.149. The molecule has 0 bridgehead atoms. The number of esters is 1. The Morgan fingerprint density at radius 2 is 2.22 bits per heavy atom. The maximum absolute atomic E-state index is 11.3. The van der Waals surface area contributed by atoms with Crippen molar-refractivity contribution in [1.82, 2.24) is 0 Å². The summed E-state index contributed by atoms with van der Waals surface area (Å²) in [7, 11) is 0. The van der Waals surface area contributed by atoms with Gasteiger partial charge in [-0.25, -0.2) is 0 Å². The van der Waals surface area contributed by atoms with Crippen LogP contribution in [0.3, 0.4) is 0 Å². The summed E-state index contributed by atoms with van der Waals surface area (Å²) in [6.07, 6.45) is 1.46. The molecule has 3 atom stereocenters. The first-order chi connectivity index (χ1) is 8.39. The van der Waals surface area contributed by atoms with Crippen molar-refractivity contribution < 1.29 is 19.7 Å². The normalized spacial score (nSPS) is 32.0. The van der Waals surface area contributed by atoms with Gasteiger partial charge in [0.2, 0.25) is 0 Å². The second kappa shape index (κ2) is 6.34. The molecular formula is C14H24O4. The van der Waals surface area contributed by atoms with Crippen molar-refractivity contribution in [3.05, 3.63) is 12.2 Å². The largest absolute Gasteiger partial charge is 0.466 e. The van der Waals surface area contributed by atoms with E-state index in [1.54, 1.807) is 6.92 Å². The van der Waals surface area contributed by atoms with E-state index in [0.717, 1.165) is 12.0 Å². The van der Waals surface area contributed by atoms with Crippen LogP contribution in [0, 0.1) is 5.92 Å². The molecule has 104 valence electrons. The lowest BCUT2D eigenvalue weighted by atomic mass is 9.72. The van der Waals surface area contributed by atoms with Crippen molar-refractivity contribution in [1.29, 1.82) is 0 Å². The van der Waals surface area contributed by atoms with Crippen LogP contribution in [0.2, 0.25) is 0 Å². The topological polar surface area (TPSA) is 66.8 Å². The van der Waals surface area contributed by atoms with Crippen LogP contribution in [0.4, 0.5) is 0 Å². The molecule has 1 rings (SSSR count). The average Bonchev–Trinajstić information content (AvgIpc) is 2.31. The third kappa shape index (κ3) is 3.82. The molecule has 18 heavy (non-hydrogen) atoms. The van der Waals surface area contributed by atoms with E-state index >= 15 is 0 Å². The van der Waals surface area contributed by atoms with Gasteiger partial charge >= 0.3 is 5.97 Å². The van der Waals surface area contributed by atoms with E-state index in [1.165, 1.54) is 0 Å². The van der Waals surface area contributed by atoms with Gasteiger partial charge in [0.15, 0.2) is 0 Å². The lowest BCUT2D eigenvalue weighted by Crippen LogP contribution is -2.47. The van der Waals surface area contributed by atoms with Gasteiger partial charge in [0.25, 0.3) is 0 Å². The van der Waals surface area contributed by atoms with Gasteiger partial charge in [0.1, 0.15) is 0 Å². The number of aliphatic hydroxyl groups excluding tert-OH is 1. The van der Waals surface area contributed by atoms with E-state index in [9.17, 15) is 15.0 Å². The van der Waals surface area contributed by atoms with Crippen LogP contribution in [-0.4, -0.2) is 34.5 Å². The summed E-state index contributed by atoms with van der Waals surface area (Å²) in [4.78, 5) is 11.3. The van der Waals surface area contributed by atoms with Gasteiger partial charge in [-0.15, -0.1) is 0 Å². The summed E-state index contributed by atoms with van der Waals surface area (Å²) in [5.74, 6) is -0.0528. The molecule has 4 heteroatoms. The highest BCUT2D eigenvalue weighted by Gasteiger charge is 2.41. The smallest absolute Gasteiger partial charge is 0.305 e. The van der Waals surface area contributed by atoms with Crippen LogP contribution < -0.4 is 0 Å². The van der Waals surface area contributed by atoms with Crippen LogP contribution in [0.25, 0.3) is 0 Å². The minimum absolute atomic E-state index is 0.152. The molecule has 0 radical (unpaired) electrons. The van der Waals surface area contributed by atoms with Gasteiger partial charge in [0.05, 0.1) is 18.3 Å². The van der Waals surface area contributed by atoms with Crippen LogP contribution in [0.15, 0.2) is 12.2 Å². The number of rotatable bonds is 5. The number of allylic oxidation sites excluding steroid dienone is 1. The van der Waals surface area contributed by atoms with Crippen molar-refractivity contribution in [2.24, 2.45) is 5.92 Å². The molecule has 0 unspecified atom stereocenters. The molecule has 1 saturated carbocycles. The Balaban J connectivity index is 2.49. The van der Waals surface area contributed by atoms with Crippen molar-refractivity contribution in [2.45, 2.75) is 57.7 Å². The predicted molar refractivity (Wildman–Crippen MR) is 69.0 cm³/mol. The summed E-state index contributed by atoms with van der Waals surface area (Å²) in [5, 5.41) is 20.4. The SMILES string of the molecule is C=C(C)[C@@H]1CC[C@@](O)(CCC(=O)OCC)[C@@H](O)C1. The molecule has 0 heterocycles. The fourth-order valence-electron chi connectivity index (χ4n) is 2.49. The third-order valence-electron chi connectivity index (χ3n) is 3.82. The Bertz CT molecular complexity index is 313. The summed E-state index contributed by atoms with van der Waals surface area (Å²) in [6.45, 7) is 7.93. The second-order valence-electron chi connectivity index (χ2n) is 5.24. The minimum atomic E-state index is -1.15. The quantitative estimate of drug-likeness (QED) is 0.581. The summed E-state index contributed by atoms with van der Waals surface area (Å²) >= 11 is 0. The highest BCUT2D eigenvalue weighted by molar-refractivity contribution is 5.69. The zero-order valence-electron chi connectivity index (χ0n) is 11.3. The van der Waals surface area contributed by atoms with Crippen molar-refractivity contribution in [3.8, 4) is 0 Å². The molecule has 1 aliphatic rings. The monoisotopic (exact) mass is 256 g/mol. The van der Waals surface area contributed by atoms with E-state index in [-0.39, 0.29) is 24.7 Å². The van der Waals surface area contributed by atoms with E-state index in [4.69, 9.17) is 4.74 Å². The van der Waals surface area contributed by atoms with Crippen LogP contribution in [0.5, 0.6) is 0 Å². The third-order valence-corrected chi connectivity index (χ3v) is 3.82. The number of aliphatic hydroxyl groups is 2. The van der Waals surface area contributed by atoms with Crippen LogP contribution in [-0.2, 0) is 9.53 Å². The first-order valence-electron chi connectivity index (χ1n) is 6.60. The summed E-state index contributed by atoms with van der Waals surface area (Å²) in [6, 6.07) is 0. The van der Waals surface area contributed by atoms with Crippen LogP contribution in [0.1, 0.15) is 46.0 Å².